The van der Waals surface area contributed by atoms with Crippen LogP contribution in [0.1, 0.15) is 78.5 Å². The zero-order valence-electron chi connectivity index (χ0n) is 17.6. The topological polar surface area (TPSA) is 82.0 Å². The second-order valence-corrected chi connectivity index (χ2v) is 9.44. The molecule has 0 aromatic heterocycles. The maximum absolute atomic E-state index is 12.5. The smallest absolute Gasteiger partial charge is 0.346 e. The van der Waals surface area contributed by atoms with Crippen molar-refractivity contribution < 1.29 is 14.7 Å². The van der Waals surface area contributed by atoms with Gasteiger partial charge in [-0.2, -0.15) is 5.10 Å². The minimum Gasteiger partial charge on any atom is -0.507 e. The number of rotatable bonds is 3. The fraction of sp³-hybridized carbons (Fsp3) is 0.571. The van der Waals surface area contributed by atoms with Crippen LogP contribution in [-0.4, -0.2) is 33.8 Å². The summed E-state index contributed by atoms with van der Waals surface area (Å²) in [5.41, 5.74) is 0.869. The standard InChI is InChI=1S/C21H31N3O3/c1-9-21(8)17(26)24(18(27)23-21)22-12-13-10-14(19(2,3)4)16(25)15(11-13)20(5,6)7/h10-12,25H,9H2,1-8H3,(H,23,27)/t21-/m0/s1. The molecule has 1 fully saturated rings. The Morgan fingerprint density at radius 3 is 1.96 bits per heavy atom. The third kappa shape index (κ3) is 3.99. The average molecular weight is 373 g/mol. The Labute approximate surface area is 161 Å². The number of nitrogens with zero attached hydrogens (tertiary/aromatic N) is 2. The van der Waals surface area contributed by atoms with Gasteiger partial charge in [0.2, 0.25) is 0 Å². The third-order valence-electron chi connectivity index (χ3n) is 5.02. The summed E-state index contributed by atoms with van der Waals surface area (Å²) < 4.78 is 0. The lowest BCUT2D eigenvalue weighted by molar-refractivity contribution is -0.130. The minimum atomic E-state index is -0.920. The highest BCUT2D eigenvalue weighted by atomic mass is 16.3. The van der Waals surface area contributed by atoms with Gasteiger partial charge in [-0.25, -0.2) is 4.79 Å². The van der Waals surface area contributed by atoms with E-state index in [1.165, 1.54) is 6.21 Å². The lowest BCUT2D eigenvalue weighted by atomic mass is 9.78. The summed E-state index contributed by atoms with van der Waals surface area (Å²) in [5.74, 6) is -0.0854. The Hall–Kier alpha value is -2.37. The van der Waals surface area contributed by atoms with Crippen molar-refractivity contribution in [3.8, 4) is 5.75 Å². The van der Waals surface area contributed by atoms with E-state index in [4.69, 9.17) is 0 Å². The summed E-state index contributed by atoms with van der Waals surface area (Å²) in [6, 6.07) is 3.18. The summed E-state index contributed by atoms with van der Waals surface area (Å²) in [5, 5.41) is 18.5. The molecule has 1 atom stereocenters. The van der Waals surface area contributed by atoms with Gasteiger partial charge < -0.3 is 10.4 Å². The number of amides is 3. The first kappa shape index (κ1) is 20.9. The Morgan fingerprint density at radius 2 is 1.59 bits per heavy atom. The average Bonchev–Trinajstić information content (AvgIpc) is 2.74. The number of hydrazone groups is 1. The molecular formula is C21H31N3O3. The second kappa shape index (κ2) is 6.66. The first-order chi connectivity index (χ1) is 12.2. The van der Waals surface area contributed by atoms with Crippen molar-refractivity contribution in [1.29, 1.82) is 0 Å². The van der Waals surface area contributed by atoms with E-state index in [-0.39, 0.29) is 22.5 Å². The normalized spacial score (nSPS) is 21.3. The maximum atomic E-state index is 12.5. The van der Waals surface area contributed by atoms with Crippen molar-refractivity contribution in [3.63, 3.8) is 0 Å². The van der Waals surface area contributed by atoms with Crippen LogP contribution in [0.3, 0.4) is 0 Å². The molecule has 0 aliphatic carbocycles. The zero-order chi connectivity index (χ0) is 20.8. The van der Waals surface area contributed by atoms with Crippen LogP contribution < -0.4 is 5.32 Å². The number of phenolic OH excluding ortho intramolecular Hbond substituents is 1. The third-order valence-corrected chi connectivity index (χ3v) is 5.02. The number of carbonyl (C=O) groups excluding carboxylic acids is 2. The highest BCUT2D eigenvalue weighted by molar-refractivity contribution is 6.07. The van der Waals surface area contributed by atoms with Gasteiger partial charge in [0.25, 0.3) is 5.91 Å². The van der Waals surface area contributed by atoms with Crippen LogP contribution in [0.4, 0.5) is 4.79 Å². The molecule has 3 amide bonds. The lowest BCUT2D eigenvalue weighted by Crippen LogP contribution is -2.42. The summed E-state index contributed by atoms with van der Waals surface area (Å²) in [6.07, 6.45) is 1.99. The first-order valence-electron chi connectivity index (χ1n) is 9.29. The van der Waals surface area contributed by atoms with Crippen LogP contribution in [0, 0.1) is 0 Å². The molecular weight excluding hydrogens is 342 g/mol. The Balaban J connectivity index is 2.49. The molecule has 0 radical (unpaired) electrons. The van der Waals surface area contributed by atoms with Gasteiger partial charge >= 0.3 is 6.03 Å². The first-order valence-corrected chi connectivity index (χ1v) is 9.29. The van der Waals surface area contributed by atoms with Crippen LogP contribution in [0.2, 0.25) is 0 Å². The zero-order valence-corrected chi connectivity index (χ0v) is 17.6. The number of benzene rings is 1. The van der Waals surface area contributed by atoms with Gasteiger partial charge in [0.05, 0.1) is 6.21 Å². The van der Waals surface area contributed by atoms with Gasteiger partial charge in [-0.3, -0.25) is 4.79 Å². The minimum absolute atomic E-state index is 0.268. The summed E-state index contributed by atoms with van der Waals surface area (Å²) in [7, 11) is 0. The van der Waals surface area contributed by atoms with Crippen molar-refractivity contribution in [2.75, 3.05) is 0 Å². The lowest BCUT2D eigenvalue weighted by Gasteiger charge is -2.27. The molecule has 1 aromatic rings. The molecule has 0 bridgehead atoms. The molecule has 6 nitrogen and oxygen atoms in total. The van der Waals surface area contributed by atoms with Crippen LogP contribution in [-0.2, 0) is 15.6 Å². The number of hydrogen-bond acceptors (Lipinski definition) is 4. The molecule has 1 aromatic carbocycles. The van der Waals surface area contributed by atoms with Crippen molar-refractivity contribution in [2.24, 2.45) is 5.10 Å². The Bertz CT molecular complexity index is 765. The van der Waals surface area contributed by atoms with Crippen LogP contribution >= 0.6 is 0 Å². The van der Waals surface area contributed by atoms with Gasteiger partial charge in [-0.05, 0) is 41.9 Å². The number of hydrogen-bond donors (Lipinski definition) is 2. The van der Waals surface area contributed by atoms with E-state index < -0.39 is 11.6 Å². The number of aromatic hydroxyl groups is 1. The fourth-order valence-corrected chi connectivity index (χ4v) is 3.01. The molecule has 1 aliphatic rings. The van der Waals surface area contributed by atoms with Crippen molar-refractivity contribution in [3.05, 3.63) is 28.8 Å². The summed E-state index contributed by atoms with van der Waals surface area (Å²) >= 11 is 0. The molecule has 1 saturated heterocycles. The molecule has 0 saturated carbocycles. The molecule has 1 aliphatic heterocycles. The highest BCUT2D eigenvalue weighted by Crippen LogP contribution is 2.39. The van der Waals surface area contributed by atoms with Gasteiger partial charge in [0.1, 0.15) is 11.3 Å². The van der Waals surface area contributed by atoms with Crippen molar-refractivity contribution in [2.45, 2.75) is 78.2 Å². The van der Waals surface area contributed by atoms with Gasteiger partial charge in [0, 0.05) is 11.1 Å². The molecule has 1 heterocycles. The van der Waals surface area contributed by atoms with Gasteiger partial charge in [-0.1, -0.05) is 48.5 Å². The number of imide groups is 1. The Morgan fingerprint density at radius 1 is 1.11 bits per heavy atom. The predicted molar refractivity (Wildman–Crippen MR) is 107 cm³/mol. The number of urea groups is 1. The molecule has 6 heteroatoms. The summed E-state index contributed by atoms with van der Waals surface area (Å²) in [4.78, 5) is 24.6. The molecule has 2 rings (SSSR count). The van der Waals surface area contributed by atoms with E-state index in [1.807, 2.05) is 60.6 Å². The Kier molecular flexibility index (Phi) is 5.16. The highest BCUT2D eigenvalue weighted by Gasteiger charge is 2.46. The fourth-order valence-electron chi connectivity index (χ4n) is 3.01. The molecule has 27 heavy (non-hydrogen) atoms. The largest absolute Gasteiger partial charge is 0.507 e. The summed E-state index contributed by atoms with van der Waals surface area (Å²) in [6.45, 7) is 15.7. The number of carbonyl (C=O) groups is 2. The molecule has 148 valence electrons. The second-order valence-electron chi connectivity index (χ2n) is 9.44. The van der Waals surface area contributed by atoms with Gasteiger partial charge in [0.15, 0.2) is 0 Å². The molecule has 2 N–H and O–H groups in total. The SMILES string of the molecule is CC[C@]1(C)NC(=O)N(N=Cc2cc(C(C)(C)C)c(O)c(C(C)(C)C)c2)C1=O. The van der Waals surface area contributed by atoms with E-state index in [0.717, 1.165) is 21.7 Å². The van der Waals surface area contributed by atoms with Crippen LogP contribution in [0.25, 0.3) is 0 Å². The van der Waals surface area contributed by atoms with Crippen LogP contribution in [0.15, 0.2) is 17.2 Å². The number of nitrogens with one attached hydrogen (secondary N) is 1. The van der Waals surface area contributed by atoms with E-state index in [0.29, 0.717) is 6.42 Å². The molecule has 0 spiro atoms. The van der Waals surface area contributed by atoms with E-state index >= 15 is 0 Å². The van der Waals surface area contributed by atoms with Crippen molar-refractivity contribution in [1.82, 2.24) is 10.3 Å². The predicted octanol–water partition coefficient (Wildman–Crippen LogP) is 4.04. The van der Waals surface area contributed by atoms with Gasteiger partial charge in [-0.15, -0.1) is 5.01 Å². The van der Waals surface area contributed by atoms with E-state index in [1.54, 1.807) is 6.92 Å². The van der Waals surface area contributed by atoms with E-state index in [9.17, 15) is 14.7 Å². The monoisotopic (exact) mass is 373 g/mol. The van der Waals surface area contributed by atoms with E-state index in [2.05, 4.69) is 10.4 Å². The quantitative estimate of drug-likeness (QED) is 0.620. The number of phenols is 1. The van der Waals surface area contributed by atoms with Crippen LogP contribution in [0.5, 0.6) is 5.75 Å². The maximum Gasteiger partial charge on any atom is 0.346 e. The van der Waals surface area contributed by atoms with Crippen molar-refractivity contribution >= 4 is 18.2 Å². The molecule has 0 unspecified atom stereocenters.